The zero-order chi connectivity index (χ0) is 57.7. The summed E-state index contributed by atoms with van der Waals surface area (Å²) in [6.07, 6.45) is 0. The summed E-state index contributed by atoms with van der Waals surface area (Å²) >= 11 is 0. The van der Waals surface area contributed by atoms with E-state index in [1.807, 2.05) is 0 Å². The number of nitrogens with zero attached hydrogens (tertiary/aromatic N) is 2. The van der Waals surface area contributed by atoms with Gasteiger partial charge in [0, 0.05) is 44.3 Å². The number of rotatable bonds is 11. The maximum atomic E-state index is 2.72. The SMILES string of the molecule is CC(C)(C)c1cc(N(c2cc([Si](C)(C)C)cc([Si](C)(C)C)c2)c2c3ccccc3c(N(c3cc(C(C)(C)C)cc(C(C)(C)C)c3)c3cc([Si](C)(C)C)cc([Si](C)(C)C)c3)c3cc(-c4ccccc4)ccc23)cc(C(C)(C)C)c1. The Morgan fingerprint density at radius 3 is 0.846 bits per heavy atom. The highest BCUT2D eigenvalue weighted by Gasteiger charge is 2.34. The summed E-state index contributed by atoms with van der Waals surface area (Å²) in [4.78, 5) is 5.43. The molecule has 0 aromatic heterocycles. The Balaban J connectivity index is 1.68. The van der Waals surface area contributed by atoms with E-state index in [1.54, 1.807) is 0 Å². The molecule has 0 N–H and O–H groups in total. The van der Waals surface area contributed by atoms with Crippen molar-refractivity contribution >= 4 is 109 Å². The standard InChI is InChI=1S/C72H96N2Si4/c1-69(2,3)51-37-52(70(4,5)6)40-55(39-51)73(57-43-59(75(13,14)15)47-60(44-57)76(16,17)18)67-63-32-28-29-33-64(63)68(66-36-50(34-35-65(66)67)49-30-26-25-27-31-49)74(56-41-53(71(7,8)9)38-54(42-56)72(10,11)12)58-45-61(77(19,20)21)48-62(46-58)78(22,23)24/h25-48H,1-24H3. The molecule has 0 aliphatic heterocycles. The van der Waals surface area contributed by atoms with E-state index in [9.17, 15) is 0 Å². The molecule has 0 atom stereocenters. The first-order valence-electron chi connectivity index (χ1n) is 29.0. The smallest absolute Gasteiger partial charge is 0.0776 e. The predicted octanol–water partition coefficient (Wildman–Crippen LogP) is 20.0. The summed E-state index contributed by atoms with van der Waals surface area (Å²) in [6, 6.07) is 58.5. The molecule has 0 heterocycles. The van der Waals surface area contributed by atoms with Crippen LogP contribution in [0.4, 0.5) is 34.1 Å². The van der Waals surface area contributed by atoms with Crippen molar-refractivity contribution in [3.05, 3.63) is 168 Å². The lowest BCUT2D eigenvalue weighted by molar-refractivity contribution is 0.568. The van der Waals surface area contributed by atoms with Crippen molar-refractivity contribution in [1.82, 2.24) is 0 Å². The Morgan fingerprint density at radius 1 is 0.256 bits per heavy atom. The largest absolute Gasteiger partial charge is 0.309 e. The van der Waals surface area contributed by atoms with Crippen LogP contribution >= 0.6 is 0 Å². The monoisotopic (exact) mass is 1100 g/mol. The molecule has 0 aliphatic rings. The lowest BCUT2D eigenvalue weighted by atomic mass is 9.80. The number of benzene rings is 8. The molecule has 0 aliphatic carbocycles. The molecule has 0 radical (unpaired) electrons. The van der Waals surface area contributed by atoms with Crippen LogP contribution in [0, 0.1) is 0 Å². The maximum Gasteiger partial charge on any atom is 0.0776 e. The fourth-order valence-electron chi connectivity index (χ4n) is 10.7. The minimum absolute atomic E-state index is 0.0862. The summed E-state index contributed by atoms with van der Waals surface area (Å²) < 4.78 is 0. The zero-order valence-electron chi connectivity index (χ0n) is 52.8. The summed E-state index contributed by atoms with van der Waals surface area (Å²) in [5, 5.41) is 10.9. The van der Waals surface area contributed by atoms with Gasteiger partial charge in [-0.1, -0.05) is 273 Å². The van der Waals surface area contributed by atoms with Gasteiger partial charge in [0.2, 0.25) is 0 Å². The second-order valence-electron chi connectivity index (χ2n) is 31.1. The molecule has 0 amide bonds. The van der Waals surface area contributed by atoms with Crippen LogP contribution in [0.2, 0.25) is 78.6 Å². The van der Waals surface area contributed by atoms with Gasteiger partial charge in [0.15, 0.2) is 0 Å². The number of fused-ring (bicyclic) bond motifs is 2. The van der Waals surface area contributed by atoms with E-state index in [0.29, 0.717) is 0 Å². The Hall–Kier alpha value is -5.25. The van der Waals surface area contributed by atoms with E-state index < -0.39 is 32.3 Å². The van der Waals surface area contributed by atoms with Gasteiger partial charge in [-0.05, 0) is 110 Å². The molecule has 0 saturated heterocycles. The highest BCUT2D eigenvalue weighted by molar-refractivity contribution is 6.92. The fourth-order valence-corrected chi connectivity index (χ4v) is 15.6. The quantitative estimate of drug-likeness (QED) is 0.0724. The van der Waals surface area contributed by atoms with Gasteiger partial charge < -0.3 is 9.80 Å². The van der Waals surface area contributed by atoms with Crippen molar-refractivity contribution in [2.75, 3.05) is 9.80 Å². The van der Waals surface area contributed by atoms with Crippen LogP contribution < -0.4 is 30.5 Å². The molecule has 6 heteroatoms. The van der Waals surface area contributed by atoms with Crippen molar-refractivity contribution in [2.24, 2.45) is 0 Å². The normalized spacial score (nSPS) is 13.4. The minimum atomic E-state index is -1.84. The van der Waals surface area contributed by atoms with Gasteiger partial charge in [-0.25, -0.2) is 0 Å². The van der Waals surface area contributed by atoms with Crippen molar-refractivity contribution in [3.8, 4) is 11.1 Å². The van der Waals surface area contributed by atoms with Gasteiger partial charge in [0.1, 0.15) is 0 Å². The minimum Gasteiger partial charge on any atom is -0.309 e. The molecule has 0 unspecified atom stereocenters. The second kappa shape index (κ2) is 20.4. The molecule has 8 aromatic rings. The van der Waals surface area contributed by atoms with E-state index in [4.69, 9.17) is 0 Å². The van der Waals surface area contributed by atoms with Gasteiger partial charge in [-0.3, -0.25) is 0 Å². The first kappa shape index (κ1) is 58.9. The molecule has 8 aromatic carbocycles. The molecular formula is C72H96N2Si4. The molecular weight excluding hydrogens is 1010 g/mol. The van der Waals surface area contributed by atoms with Crippen LogP contribution in [-0.2, 0) is 21.7 Å². The number of hydrogen-bond acceptors (Lipinski definition) is 2. The molecule has 8 rings (SSSR count). The first-order valence-corrected chi connectivity index (χ1v) is 43.0. The topological polar surface area (TPSA) is 6.48 Å². The molecule has 0 spiro atoms. The van der Waals surface area contributed by atoms with Crippen molar-refractivity contribution in [2.45, 2.75) is 183 Å². The molecule has 78 heavy (non-hydrogen) atoms. The summed E-state index contributed by atoms with van der Waals surface area (Å²) in [5.41, 5.74) is 14.8. The highest BCUT2D eigenvalue weighted by atomic mass is 28.3. The molecule has 0 saturated carbocycles. The Labute approximate surface area is 477 Å². The summed E-state index contributed by atoms with van der Waals surface area (Å²) in [6.45, 7) is 58.8. The third-order valence-electron chi connectivity index (χ3n) is 16.2. The number of hydrogen-bond donors (Lipinski definition) is 0. The van der Waals surface area contributed by atoms with Crippen LogP contribution in [-0.4, -0.2) is 32.3 Å². The van der Waals surface area contributed by atoms with Crippen LogP contribution in [0.25, 0.3) is 32.7 Å². The van der Waals surface area contributed by atoms with Crippen LogP contribution in [0.5, 0.6) is 0 Å². The third-order valence-corrected chi connectivity index (χ3v) is 24.2. The lowest BCUT2D eigenvalue weighted by Crippen LogP contribution is -2.45. The van der Waals surface area contributed by atoms with E-state index in [1.165, 1.54) is 110 Å². The van der Waals surface area contributed by atoms with Crippen molar-refractivity contribution < 1.29 is 0 Å². The van der Waals surface area contributed by atoms with Gasteiger partial charge in [0.25, 0.3) is 0 Å². The Kier molecular flexibility index (Phi) is 15.4. The van der Waals surface area contributed by atoms with Gasteiger partial charge in [0.05, 0.1) is 43.7 Å². The second-order valence-corrected chi connectivity index (χ2v) is 51.4. The average molecular weight is 1100 g/mol. The molecule has 410 valence electrons. The van der Waals surface area contributed by atoms with Gasteiger partial charge >= 0.3 is 0 Å². The van der Waals surface area contributed by atoms with Crippen LogP contribution in [0.15, 0.2) is 146 Å². The average Bonchev–Trinajstić information content (AvgIpc) is 3.53. The fraction of sp³-hybridized carbons (Fsp3) is 0.389. The van der Waals surface area contributed by atoms with E-state index >= 15 is 0 Å². The molecule has 0 bridgehead atoms. The molecule has 0 fully saturated rings. The van der Waals surface area contributed by atoms with Crippen LogP contribution in [0.3, 0.4) is 0 Å². The van der Waals surface area contributed by atoms with Crippen molar-refractivity contribution in [3.63, 3.8) is 0 Å². The zero-order valence-corrected chi connectivity index (χ0v) is 56.8. The third kappa shape index (κ3) is 12.4. The van der Waals surface area contributed by atoms with Crippen LogP contribution in [0.1, 0.15) is 105 Å². The Bertz CT molecular complexity index is 3250. The summed E-state index contributed by atoms with van der Waals surface area (Å²) in [5.74, 6) is 0. The summed E-state index contributed by atoms with van der Waals surface area (Å²) in [7, 11) is -7.35. The maximum absolute atomic E-state index is 2.72. The number of anilines is 6. The predicted molar refractivity (Wildman–Crippen MR) is 363 cm³/mol. The van der Waals surface area contributed by atoms with Crippen molar-refractivity contribution in [1.29, 1.82) is 0 Å². The van der Waals surface area contributed by atoms with E-state index in [0.717, 1.165) is 0 Å². The Morgan fingerprint density at radius 2 is 0.538 bits per heavy atom. The highest BCUT2D eigenvalue weighted by Crippen LogP contribution is 2.53. The van der Waals surface area contributed by atoms with E-state index in [-0.39, 0.29) is 21.7 Å². The van der Waals surface area contributed by atoms with E-state index in [2.05, 4.69) is 317 Å². The van der Waals surface area contributed by atoms with Gasteiger partial charge in [-0.2, -0.15) is 0 Å². The first-order chi connectivity index (χ1) is 35.7. The van der Waals surface area contributed by atoms with Gasteiger partial charge in [-0.15, -0.1) is 0 Å². The molecule has 2 nitrogen and oxygen atoms in total. The lowest BCUT2D eigenvalue weighted by Gasteiger charge is -2.37.